The van der Waals surface area contributed by atoms with E-state index < -0.39 is 0 Å². The van der Waals surface area contributed by atoms with Crippen LogP contribution in [0.3, 0.4) is 0 Å². The molecule has 0 saturated carbocycles. The van der Waals surface area contributed by atoms with Gasteiger partial charge in [-0.1, -0.05) is 66.0 Å². The molecule has 0 spiro atoms. The largest absolute Gasteiger partial charge is 0.312 e. The Hall–Kier alpha value is -2.17. The Kier molecular flexibility index (Phi) is 5.32. The molecule has 3 aromatic carbocycles. The number of amides is 1. The van der Waals surface area contributed by atoms with Gasteiger partial charge in [0, 0.05) is 38.2 Å². The second-order valence-electron chi connectivity index (χ2n) is 6.08. The van der Waals surface area contributed by atoms with Gasteiger partial charge in [0.05, 0.1) is 0 Å². The summed E-state index contributed by atoms with van der Waals surface area (Å²) in [6.45, 7) is 0.878. The second kappa shape index (κ2) is 8.02. The molecule has 5 rings (SSSR count). The van der Waals surface area contributed by atoms with Crippen LogP contribution < -0.4 is 4.90 Å². The van der Waals surface area contributed by atoms with Crippen LogP contribution in [0.1, 0.15) is 12.8 Å². The standard InChI is InChI=1S/C12H8S2.C10H11NO/c1-2-6-10-9(5-1)13-11-7-3-4-8-12(11)14-10;12-10-7-4-8-11(10)9-5-2-1-3-6-9/h1-8H;1-3,5-6H,4,7-8H2. The summed E-state index contributed by atoms with van der Waals surface area (Å²) in [5.74, 6) is 0.251. The molecule has 0 atom stereocenters. The van der Waals surface area contributed by atoms with Crippen molar-refractivity contribution >= 4 is 35.1 Å². The fourth-order valence-electron chi connectivity index (χ4n) is 3.00. The molecule has 2 aliphatic heterocycles. The highest BCUT2D eigenvalue weighted by molar-refractivity contribution is 8.05. The topological polar surface area (TPSA) is 20.3 Å². The number of rotatable bonds is 1. The molecule has 0 bridgehead atoms. The summed E-state index contributed by atoms with van der Waals surface area (Å²) in [5, 5.41) is 0. The van der Waals surface area contributed by atoms with Gasteiger partial charge in [0.25, 0.3) is 0 Å². The lowest BCUT2D eigenvalue weighted by Crippen LogP contribution is -2.23. The number of nitrogens with zero attached hydrogens (tertiary/aromatic N) is 1. The minimum absolute atomic E-state index is 0.251. The molecule has 4 heteroatoms. The molecular weight excluding hydrogens is 358 g/mol. The van der Waals surface area contributed by atoms with Crippen molar-refractivity contribution < 1.29 is 4.79 Å². The molecule has 0 aromatic heterocycles. The van der Waals surface area contributed by atoms with Crippen molar-refractivity contribution in [2.45, 2.75) is 32.4 Å². The van der Waals surface area contributed by atoms with E-state index in [2.05, 4.69) is 48.5 Å². The molecule has 2 nitrogen and oxygen atoms in total. The van der Waals surface area contributed by atoms with Crippen LogP contribution in [0.25, 0.3) is 0 Å². The first kappa shape index (κ1) is 17.3. The van der Waals surface area contributed by atoms with Crippen LogP contribution >= 0.6 is 23.5 Å². The van der Waals surface area contributed by atoms with Crippen molar-refractivity contribution in [3.63, 3.8) is 0 Å². The predicted octanol–water partition coefficient (Wildman–Crippen LogP) is 6.12. The smallest absolute Gasteiger partial charge is 0.227 e. The number of anilines is 1. The molecule has 1 saturated heterocycles. The van der Waals surface area contributed by atoms with Gasteiger partial charge in [-0.2, -0.15) is 0 Å². The maximum absolute atomic E-state index is 11.3. The van der Waals surface area contributed by atoms with E-state index in [0.717, 1.165) is 18.7 Å². The highest BCUT2D eigenvalue weighted by Crippen LogP contribution is 2.47. The van der Waals surface area contributed by atoms with Crippen molar-refractivity contribution in [1.82, 2.24) is 0 Å². The molecule has 0 aliphatic carbocycles. The Morgan fingerprint density at radius 1 is 0.654 bits per heavy atom. The molecule has 0 radical (unpaired) electrons. The Morgan fingerprint density at radius 2 is 1.12 bits per heavy atom. The van der Waals surface area contributed by atoms with Crippen LogP contribution in [0.5, 0.6) is 0 Å². The molecular formula is C22H19NOS2. The molecule has 0 unspecified atom stereocenters. The number of para-hydroxylation sites is 1. The third kappa shape index (κ3) is 3.81. The van der Waals surface area contributed by atoms with E-state index in [4.69, 9.17) is 0 Å². The van der Waals surface area contributed by atoms with Crippen LogP contribution in [0.2, 0.25) is 0 Å². The Bertz CT molecular complexity index is 823. The number of benzene rings is 3. The summed E-state index contributed by atoms with van der Waals surface area (Å²) in [6.07, 6.45) is 1.70. The number of fused-ring (bicyclic) bond motifs is 2. The van der Waals surface area contributed by atoms with Crippen molar-refractivity contribution in [3.05, 3.63) is 78.9 Å². The first-order chi connectivity index (χ1) is 12.8. The highest BCUT2D eigenvalue weighted by Gasteiger charge is 2.20. The van der Waals surface area contributed by atoms with Gasteiger partial charge in [-0.15, -0.1) is 0 Å². The molecule has 2 heterocycles. The maximum atomic E-state index is 11.3. The lowest BCUT2D eigenvalue weighted by Gasteiger charge is -2.17. The summed E-state index contributed by atoms with van der Waals surface area (Å²) >= 11 is 3.72. The SMILES string of the molecule is O=C1CCCN1c1ccccc1.c1ccc2c(c1)Sc1ccccc1S2. The van der Waals surface area contributed by atoms with E-state index in [1.165, 1.54) is 19.6 Å². The van der Waals surface area contributed by atoms with E-state index in [0.29, 0.717) is 6.42 Å². The fraction of sp³-hybridized carbons (Fsp3) is 0.136. The summed E-state index contributed by atoms with van der Waals surface area (Å²) in [7, 11) is 0. The van der Waals surface area contributed by atoms with Gasteiger partial charge in [-0.05, 0) is 42.8 Å². The van der Waals surface area contributed by atoms with Gasteiger partial charge in [0.1, 0.15) is 0 Å². The van der Waals surface area contributed by atoms with Crippen LogP contribution in [-0.2, 0) is 4.79 Å². The van der Waals surface area contributed by atoms with E-state index in [1.54, 1.807) is 0 Å². The number of hydrogen-bond acceptors (Lipinski definition) is 3. The molecule has 1 amide bonds. The zero-order chi connectivity index (χ0) is 17.8. The second-order valence-corrected chi connectivity index (χ2v) is 8.25. The third-order valence-electron chi connectivity index (χ3n) is 4.28. The first-order valence-corrected chi connectivity index (χ1v) is 10.3. The van der Waals surface area contributed by atoms with Crippen molar-refractivity contribution in [2.24, 2.45) is 0 Å². The van der Waals surface area contributed by atoms with Gasteiger partial charge >= 0.3 is 0 Å². The lowest BCUT2D eigenvalue weighted by atomic mass is 10.3. The minimum atomic E-state index is 0.251. The zero-order valence-corrected chi connectivity index (χ0v) is 15.9. The highest BCUT2D eigenvalue weighted by atomic mass is 32.2. The summed E-state index contributed by atoms with van der Waals surface area (Å²) in [6, 6.07) is 27.0. The average Bonchev–Trinajstić information content (AvgIpc) is 3.13. The third-order valence-corrected chi connectivity index (χ3v) is 6.84. The van der Waals surface area contributed by atoms with Crippen LogP contribution in [-0.4, -0.2) is 12.5 Å². The molecule has 2 aliphatic rings. The summed E-state index contributed by atoms with van der Waals surface area (Å²) in [4.78, 5) is 18.6. The average molecular weight is 378 g/mol. The maximum Gasteiger partial charge on any atom is 0.227 e. The van der Waals surface area contributed by atoms with Crippen molar-refractivity contribution in [1.29, 1.82) is 0 Å². The number of carbonyl (C=O) groups excluding carboxylic acids is 1. The molecule has 130 valence electrons. The predicted molar refractivity (Wildman–Crippen MR) is 109 cm³/mol. The normalized spacial score (nSPS) is 14.9. The van der Waals surface area contributed by atoms with Crippen LogP contribution in [0.4, 0.5) is 5.69 Å². The van der Waals surface area contributed by atoms with Gasteiger partial charge in [0.15, 0.2) is 0 Å². The molecule has 1 fully saturated rings. The van der Waals surface area contributed by atoms with Gasteiger partial charge in [-0.25, -0.2) is 0 Å². The Morgan fingerprint density at radius 3 is 1.54 bits per heavy atom. The lowest BCUT2D eigenvalue weighted by molar-refractivity contribution is -0.117. The van der Waals surface area contributed by atoms with Crippen molar-refractivity contribution in [3.8, 4) is 0 Å². The molecule has 0 N–H and O–H groups in total. The van der Waals surface area contributed by atoms with Crippen LogP contribution in [0.15, 0.2) is 98.4 Å². The van der Waals surface area contributed by atoms with Gasteiger partial charge in [-0.3, -0.25) is 4.79 Å². The Balaban J connectivity index is 0.000000131. The quantitative estimate of drug-likeness (QED) is 0.399. The number of hydrogen-bond donors (Lipinski definition) is 0. The Labute approximate surface area is 162 Å². The molecule has 26 heavy (non-hydrogen) atoms. The first-order valence-electron chi connectivity index (χ1n) is 8.70. The van der Waals surface area contributed by atoms with Gasteiger partial charge in [0.2, 0.25) is 5.91 Å². The van der Waals surface area contributed by atoms with Crippen LogP contribution in [0, 0.1) is 0 Å². The minimum Gasteiger partial charge on any atom is -0.312 e. The van der Waals surface area contributed by atoms with E-state index in [-0.39, 0.29) is 5.91 Å². The molecule has 3 aromatic rings. The van der Waals surface area contributed by atoms with Crippen molar-refractivity contribution in [2.75, 3.05) is 11.4 Å². The van der Waals surface area contributed by atoms with E-state index in [9.17, 15) is 4.79 Å². The van der Waals surface area contributed by atoms with Gasteiger partial charge < -0.3 is 4.90 Å². The summed E-state index contributed by atoms with van der Waals surface area (Å²) < 4.78 is 0. The number of carbonyl (C=O) groups is 1. The van der Waals surface area contributed by atoms with E-state index in [1.807, 2.05) is 58.8 Å². The summed E-state index contributed by atoms with van der Waals surface area (Å²) in [5.41, 5.74) is 1.03. The zero-order valence-electron chi connectivity index (χ0n) is 14.3. The monoisotopic (exact) mass is 377 g/mol. The van der Waals surface area contributed by atoms with E-state index >= 15 is 0 Å². The fourth-order valence-corrected chi connectivity index (χ4v) is 5.24.